The molecule has 1 aromatic heterocycles. The van der Waals surface area contributed by atoms with Crippen molar-refractivity contribution in [2.24, 2.45) is 0 Å². The fraction of sp³-hybridized carbons (Fsp3) is 0.250. The SMILES string of the molecule is CCN(Cc1ccccc1C)C(=O)c1cc(N)cnc1Cl. The van der Waals surface area contributed by atoms with Gasteiger partial charge in [0.1, 0.15) is 5.15 Å². The molecule has 21 heavy (non-hydrogen) atoms. The number of carbonyl (C=O) groups is 1. The lowest BCUT2D eigenvalue weighted by atomic mass is 10.1. The van der Waals surface area contributed by atoms with Crippen molar-refractivity contribution < 1.29 is 4.79 Å². The van der Waals surface area contributed by atoms with Crippen LogP contribution in [-0.4, -0.2) is 22.3 Å². The first-order chi connectivity index (χ1) is 10.0. The van der Waals surface area contributed by atoms with Gasteiger partial charge in [0.05, 0.1) is 17.4 Å². The second-order valence-electron chi connectivity index (χ2n) is 4.85. The molecule has 0 aliphatic rings. The summed E-state index contributed by atoms with van der Waals surface area (Å²) in [5, 5.41) is 0.178. The molecule has 2 aromatic rings. The molecule has 1 heterocycles. The van der Waals surface area contributed by atoms with Crippen LogP contribution in [0, 0.1) is 6.92 Å². The summed E-state index contributed by atoms with van der Waals surface area (Å²) in [6.07, 6.45) is 1.44. The lowest BCUT2D eigenvalue weighted by Crippen LogP contribution is -2.31. The number of halogens is 1. The Bertz CT molecular complexity index is 658. The third-order valence-electron chi connectivity index (χ3n) is 3.38. The molecule has 0 fully saturated rings. The summed E-state index contributed by atoms with van der Waals surface area (Å²) in [6, 6.07) is 9.57. The molecule has 0 spiro atoms. The maximum absolute atomic E-state index is 12.6. The molecular weight excluding hydrogens is 286 g/mol. The Morgan fingerprint density at radius 3 is 2.76 bits per heavy atom. The van der Waals surface area contributed by atoms with Crippen molar-refractivity contribution >= 4 is 23.2 Å². The topological polar surface area (TPSA) is 59.2 Å². The Kier molecular flexibility index (Phi) is 4.81. The first kappa shape index (κ1) is 15.3. The van der Waals surface area contributed by atoms with Crippen LogP contribution in [0.2, 0.25) is 5.15 Å². The van der Waals surface area contributed by atoms with Gasteiger partial charge in [-0.1, -0.05) is 35.9 Å². The van der Waals surface area contributed by atoms with E-state index in [9.17, 15) is 4.79 Å². The van der Waals surface area contributed by atoms with Crippen LogP contribution in [0.5, 0.6) is 0 Å². The quantitative estimate of drug-likeness (QED) is 0.882. The fourth-order valence-electron chi connectivity index (χ4n) is 2.10. The second-order valence-corrected chi connectivity index (χ2v) is 5.21. The number of benzene rings is 1. The first-order valence-corrected chi connectivity index (χ1v) is 7.15. The lowest BCUT2D eigenvalue weighted by molar-refractivity contribution is 0.0752. The molecule has 2 rings (SSSR count). The van der Waals surface area contributed by atoms with Crippen LogP contribution in [0.3, 0.4) is 0 Å². The van der Waals surface area contributed by atoms with Gasteiger partial charge in [-0.25, -0.2) is 4.98 Å². The van der Waals surface area contributed by atoms with Crippen molar-refractivity contribution in [1.82, 2.24) is 9.88 Å². The van der Waals surface area contributed by atoms with Gasteiger partial charge in [0.25, 0.3) is 5.91 Å². The van der Waals surface area contributed by atoms with E-state index in [1.807, 2.05) is 38.1 Å². The number of hydrogen-bond donors (Lipinski definition) is 1. The fourth-order valence-corrected chi connectivity index (χ4v) is 2.29. The Balaban J connectivity index is 2.27. The van der Waals surface area contributed by atoms with Gasteiger partial charge in [-0.2, -0.15) is 0 Å². The van der Waals surface area contributed by atoms with E-state index < -0.39 is 0 Å². The number of carbonyl (C=O) groups excluding carboxylic acids is 1. The van der Waals surface area contributed by atoms with Crippen LogP contribution < -0.4 is 5.73 Å². The van der Waals surface area contributed by atoms with Crippen molar-refractivity contribution in [2.45, 2.75) is 20.4 Å². The summed E-state index contributed by atoms with van der Waals surface area (Å²) >= 11 is 6.01. The van der Waals surface area contributed by atoms with E-state index in [2.05, 4.69) is 4.98 Å². The van der Waals surface area contributed by atoms with Crippen LogP contribution in [-0.2, 0) is 6.54 Å². The highest BCUT2D eigenvalue weighted by Gasteiger charge is 2.19. The van der Waals surface area contributed by atoms with Crippen molar-refractivity contribution in [3.8, 4) is 0 Å². The number of amides is 1. The molecule has 0 aliphatic heterocycles. The average Bonchev–Trinajstić information content (AvgIpc) is 2.48. The minimum atomic E-state index is -0.162. The van der Waals surface area contributed by atoms with Gasteiger partial charge in [-0.3, -0.25) is 4.79 Å². The molecule has 1 amide bonds. The molecule has 0 saturated heterocycles. The van der Waals surface area contributed by atoms with Gasteiger partial charge in [0.2, 0.25) is 0 Å². The number of nitrogens with zero attached hydrogens (tertiary/aromatic N) is 2. The zero-order valence-corrected chi connectivity index (χ0v) is 12.9. The van der Waals surface area contributed by atoms with Crippen LogP contribution in [0.25, 0.3) is 0 Å². The van der Waals surface area contributed by atoms with Crippen molar-refractivity contribution in [3.05, 3.63) is 58.4 Å². The van der Waals surface area contributed by atoms with E-state index in [1.165, 1.54) is 6.20 Å². The van der Waals surface area contributed by atoms with E-state index in [0.717, 1.165) is 11.1 Å². The standard InChI is InChI=1S/C16H18ClN3O/c1-3-20(10-12-7-5-4-6-11(12)2)16(21)14-8-13(18)9-19-15(14)17/h4-9H,3,10,18H2,1-2H3. The molecule has 0 aliphatic carbocycles. The largest absolute Gasteiger partial charge is 0.397 e. The highest BCUT2D eigenvalue weighted by Crippen LogP contribution is 2.19. The van der Waals surface area contributed by atoms with E-state index in [4.69, 9.17) is 17.3 Å². The third kappa shape index (κ3) is 3.52. The number of rotatable bonds is 4. The van der Waals surface area contributed by atoms with Crippen LogP contribution in [0.1, 0.15) is 28.4 Å². The summed E-state index contributed by atoms with van der Waals surface area (Å²) in [7, 11) is 0. The van der Waals surface area contributed by atoms with Crippen molar-refractivity contribution in [1.29, 1.82) is 0 Å². The number of anilines is 1. The Morgan fingerprint density at radius 1 is 1.38 bits per heavy atom. The number of hydrogen-bond acceptors (Lipinski definition) is 3. The smallest absolute Gasteiger partial charge is 0.257 e. The molecule has 0 saturated carbocycles. The molecule has 0 bridgehead atoms. The molecule has 110 valence electrons. The molecule has 5 heteroatoms. The minimum Gasteiger partial charge on any atom is -0.397 e. The van der Waals surface area contributed by atoms with Gasteiger partial charge in [0, 0.05) is 13.1 Å². The van der Waals surface area contributed by atoms with E-state index >= 15 is 0 Å². The summed E-state index contributed by atoms with van der Waals surface area (Å²) in [5.74, 6) is -0.162. The summed E-state index contributed by atoms with van der Waals surface area (Å²) in [4.78, 5) is 18.3. The molecule has 4 nitrogen and oxygen atoms in total. The molecule has 1 aromatic carbocycles. The van der Waals surface area contributed by atoms with Crippen LogP contribution in [0.4, 0.5) is 5.69 Å². The first-order valence-electron chi connectivity index (χ1n) is 6.77. The molecule has 0 atom stereocenters. The monoisotopic (exact) mass is 303 g/mol. The number of nitrogens with two attached hydrogens (primary N) is 1. The van der Waals surface area contributed by atoms with E-state index in [1.54, 1.807) is 11.0 Å². The molecule has 0 unspecified atom stereocenters. The van der Waals surface area contributed by atoms with Crippen molar-refractivity contribution in [3.63, 3.8) is 0 Å². The highest BCUT2D eigenvalue weighted by atomic mass is 35.5. The molecule has 2 N–H and O–H groups in total. The van der Waals surface area contributed by atoms with Gasteiger partial charge < -0.3 is 10.6 Å². The molecule has 0 radical (unpaired) electrons. The maximum Gasteiger partial charge on any atom is 0.257 e. The number of aromatic nitrogens is 1. The predicted molar refractivity (Wildman–Crippen MR) is 85.3 cm³/mol. The molecular formula is C16H18ClN3O. The van der Waals surface area contributed by atoms with Crippen molar-refractivity contribution in [2.75, 3.05) is 12.3 Å². The summed E-state index contributed by atoms with van der Waals surface area (Å²) < 4.78 is 0. The zero-order chi connectivity index (χ0) is 15.4. The van der Waals surface area contributed by atoms with Gasteiger partial charge in [-0.05, 0) is 31.0 Å². The van der Waals surface area contributed by atoms with Gasteiger partial charge in [-0.15, -0.1) is 0 Å². The lowest BCUT2D eigenvalue weighted by Gasteiger charge is -2.22. The van der Waals surface area contributed by atoms with Crippen LogP contribution in [0.15, 0.2) is 36.5 Å². The highest BCUT2D eigenvalue weighted by molar-refractivity contribution is 6.32. The Hall–Kier alpha value is -2.07. The van der Waals surface area contributed by atoms with E-state index in [-0.39, 0.29) is 11.1 Å². The van der Waals surface area contributed by atoms with Gasteiger partial charge in [0.15, 0.2) is 0 Å². The number of aryl methyl sites for hydroxylation is 1. The Morgan fingerprint density at radius 2 is 2.10 bits per heavy atom. The minimum absolute atomic E-state index is 0.162. The third-order valence-corrected chi connectivity index (χ3v) is 3.68. The van der Waals surface area contributed by atoms with Crippen LogP contribution >= 0.6 is 11.6 Å². The average molecular weight is 304 g/mol. The Labute approximate surface area is 129 Å². The maximum atomic E-state index is 12.6. The van der Waals surface area contributed by atoms with E-state index in [0.29, 0.717) is 24.3 Å². The normalized spacial score (nSPS) is 10.4. The summed E-state index contributed by atoms with van der Waals surface area (Å²) in [5.41, 5.74) is 8.72. The number of pyridine rings is 1. The second kappa shape index (κ2) is 6.59. The number of nitrogen functional groups attached to an aromatic ring is 1. The zero-order valence-electron chi connectivity index (χ0n) is 12.1. The predicted octanol–water partition coefficient (Wildman–Crippen LogP) is 3.29. The van der Waals surface area contributed by atoms with Gasteiger partial charge >= 0.3 is 0 Å². The summed E-state index contributed by atoms with van der Waals surface area (Å²) in [6.45, 7) is 5.08.